The average Bonchev–Trinajstić information content (AvgIpc) is 3.15. The van der Waals surface area contributed by atoms with Crippen molar-refractivity contribution in [2.45, 2.75) is 36.6 Å². The van der Waals surface area contributed by atoms with Crippen LogP contribution in [0.5, 0.6) is 5.75 Å². The van der Waals surface area contributed by atoms with Gasteiger partial charge in [-0.1, -0.05) is 18.6 Å². The first-order valence-electron chi connectivity index (χ1n) is 10.7. The Morgan fingerprint density at radius 1 is 1.03 bits per heavy atom. The number of likely N-dealkylation sites (tertiary alicyclic amines) is 1. The zero-order valence-electron chi connectivity index (χ0n) is 17.8. The van der Waals surface area contributed by atoms with Crippen LogP contribution in [-0.4, -0.2) is 53.7 Å². The van der Waals surface area contributed by atoms with Crippen LogP contribution in [0.4, 0.5) is 5.69 Å². The third kappa shape index (κ3) is 4.48. The first-order valence-corrected chi connectivity index (χ1v) is 12.2. The summed E-state index contributed by atoms with van der Waals surface area (Å²) < 4.78 is 33.8. The Kier molecular flexibility index (Phi) is 6.32. The molecule has 0 saturated carbocycles. The summed E-state index contributed by atoms with van der Waals surface area (Å²) in [5.41, 5.74) is 3.84. The van der Waals surface area contributed by atoms with Crippen molar-refractivity contribution in [3.8, 4) is 5.75 Å². The quantitative estimate of drug-likeness (QED) is 0.732. The zero-order chi connectivity index (χ0) is 21.1. The normalized spacial score (nSPS) is 18.3. The van der Waals surface area contributed by atoms with Gasteiger partial charge in [-0.2, -0.15) is 0 Å². The van der Waals surface area contributed by atoms with Crippen LogP contribution in [-0.2, 0) is 16.4 Å². The van der Waals surface area contributed by atoms with Gasteiger partial charge >= 0.3 is 0 Å². The molecule has 2 aromatic rings. The Morgan fingerprint density at radius 3 is 2.47 bits per heavy atom. The second-order valence-electron chi connectivity index (χ2n) is 8.20. The van der Waals surface area contributed by atoms with Gasteiger partial charge in [0.25, 0.3) is 0 Å². The first kappa shape index (κ1) is 21.2. The molecule has 2 aliphatic heterocycles. The topological polar surface area (TPSA) is 61.9 Å². The number of benzene rings is 2. The third-order valence-corrected chi connectivity index (χ3v) is 7.72. The van der Waals surface area contributed by atoms with Gasteiger partial charge in [-0.3, -0.25) is 4.90 Å². The van der Waals surface area contributed by atoms with Crippen molar-refractivity contribution in [2.24, 2.45) is 0 Å². The number of nitrogens with one attached hydrogen (secondary N) is 1. The summed E-state index contributed by atoms with van der Waals surface area (Å²) in [4.78, 5) is 4.97. The number of rotatable bonds is 7. The van der Waals surface area contributed by atoms with Gasteiger partial charge in [-0.05, 0) is 73.8 Å². The lowest BCUT2D eigenvalue weighted by Gasteiger charge is -2.35. The van der Waals surface area contributed by atoms with Gasteiger partial charge in [0.2, 0.25) is 10.0 Å². The van der Waals surface area contributed by atoms with Crippen LogP contribution >= 0.6 is 0 Å². The number of hydrogen-bond donors (Lipinski definition) is 1. The second kappa shape index (κ2) is 8.96. The van der Waals surface area contributed by atoms with Crippen LogP contribution in [0.3, 0.4) is 0 Å². The minimum atomic E-state index is -3.59. The molecule has 6 nitrogen and oxygen atoms in total. The molecule has 7 heteroatoms. The van der Waals surface area contributed by atoms with Crippen LogP contribution in [0.1, 0.15) is 36.4 Å². The molecule has 1 atom stereocenters. The standard InChI is InChI=1S/C23H31N3O3S/c1-25-15-12-19-16-18(6-11-22(19)25)23(26-13-4-3-5-14-26)17-24-30(27,28)21-9-7-20(29-2)8-10-21/h6-11,16,23-24H,3-5,12-15,17H2,1-2H3. The number of likely N-dealkylation sites (N-methyl/N-ethyl adjacent to an activating group) is 1. The van der Waals surface area contributed by atoms with Gasteiger partial charge in [0.15, 0.2) is 0 Å². The monoisotopic (exact) mass is 429 g/mol. The molecule has 0 radical (unpaired) electrons. The molecule has 4 rings (SSSR count). The largest absolute Gasteiger partial charge is 0.497 e. The Labute approximate surface area is 179 Å². The van der Waals surface area contributed by atoms with Crippen LogP contribution in [0.25, 0.3) is 0 Å². The van der Waals surface area contributed by atoms with Gasteiger partial charge in [-0.15, -0.1) is 0 Å². The SMILES string of the molecule is COc1ccc(S(=O)(=O)NCC(c2ccc3c(c2)CCN3C)N2CCCCC2)cc1. The average molecular weight is 430 g/mol. The molecule has 0 spiro atoms. The predicted octanol–water partition coefficient (Wildman–Crippen LogP) is 3.19. The highest BCUT2D eigenvalue weighted by Crippen LogP contribution is 2.32. The minimum Gasteiger partial charge on any atom is -0.497 e. The Morgan fingerprint density at radius 2 is 1.77 bits per heavy atom. The molecule has 0 amide bonds. The van der Waals surface area contributed by atoms with E-state index >= 15 is 0 Å². The summed E-state index contributed by atoms with van der Waals surface area (Å²) >= 11 is 0. The first-order chi connectivity index (χ1) is 14.5. The summed E-state index contributed by atoms with van der Waals surface area (Å²) in [6.45, 7) is 3.41. The predicted molar refractivity (Wildman–Crippen MR) is 120 cm³/mol. The summed E-state index contributed by atoms with van der Waals surface area (Å²) in [7, 11) is 0.103. The molecular formula is C23H31N3O3S. The minimum absolute atomic E-state index is 0.0366. The lowest BCUT2D eigenvalue weighted by molar-refractivity contribution is 0.164. The summed E-state index contributed by atoms with van der Waals surface area (Å²) in [5, 5.41) is 0. The van der Waals surface area contributed by atoms with E-state index in [-0.39, 0.29) is 10.9 Å². The van der Waals surface area contributed by atoms with E-state index in [0.29, 0.717) is 12.3 Å². The van der Waals surface area contributed by atoms with E-state index in [9.17, 15) is 8.42 Å². The van der Waals surface area contributed by atoms with Crippen molar-refractivity contribution in [1.29, 1.82) is 0 Å². The third-order valence-electron chi connectivity index (χ3n) is 6.28. The molecule has 2 aromatic carbocycles. The second-order valence-corrected chi connectivity index (χ2v) is 9.97. The van der Waals surface area contributed by atoms with Crippen molar-refractivity contribution in [3.63, 3.8) is 0 Å². The van der Waals surface area contributed by atoms with E-state index in [1.165, 1.54) is 23.2 Å². The zero-order valence-corrected chi connectivity index (χ0v) is 18.6. The maximum Gasteiger partial charge on any atom is 0.240 e. The number of anilines is 1. The molecule has 1 unspecified atom stereocenters. The van der Waals surface area contributed by atoms with E-state index in [2.05, 4.69) is 39.8 Å². The molecule has 0 bridgehead atoms. The lowest BCUT2D eigenvalue weighted by Crippen LogP contribution is -2.40. The van der Waals surface area contributed by atoms with Crippen molar-refractivity contribution in [3.05, 3.63) is 53.6 Å². The van der Waals surface area contributed by atoms with Gasteiger partial charge in [-0.25, -0.2) is 13.1 Å². The molecule has 0 aromatic heterocycles. The van der Waals surface area contributed by atoms with Gasteiger partial charge < -0.3 is 9.64 Å². The van der Waals surface area contributed by atoms with E-state index in [4.69, 9.17) is 4.74 Å². The van der Waals surface area contributed by atoms with Crippen molar-refractivity contribution < 1.29 is 13.2 Å². The Bertz CT molecular complexity index is 970. The van der Waals surface area contributed by atoms with Crippen molar-refractivity contribution in [2.75, 3.05) is 45.2 Å². The smallest absolute Gasteiger partial charge is 0.240 e. The number of methoxy groups -OCH3 is 1. The van der Waals surface area contributed by atoms with Crippen LogP contribution in [0, 0.1) is 0 Å². The molecule has 1 fully saturated rings. The summed E-state index contributed by atoms with van der Waals surface area (Å²) in [6, 6.07) is 13.2. The lowest BCUT2D eigenvalue weighted by atomic mass is 9.99. The summed E-state index contributed by atoms with van der Waals surface area (Å²) in [6.07, 6.45) is 4.62. The van der Waals surface area contributed by atoms with Crippen LogP contribution in [0.15, 0.2) is 47.4 Å². The highest BCUT2D eigenvalue weighted by molar-refractivity contribution is 7.89. The number of nitrogens with zero attached hydrogens (tertiary/aromatic N) is 2. The maximum absolute atomic E-state index is 12.9. The highest BCUT2D eigenvalue weighted by atomic mass is 32.2. The fourth-order valence-electron chi connectivity index (χ4n) is 4.51. The molecule has 30 heavy (non-hydrogen) atoms. The molecule has 2 aliphatic rings. The highest BCUT2D eigenvalue weighted by Gasteiger charge is 2.26. The summed E-state index contributed by atoms with van der Waals surface area (Å²) in [5.74, 6) is 0.642. The van der Waals surface area contributed by atoms with Crippen LogP contribution < -0.4 is 14.4 Å². The Hall–Kier alpha value is -2.09. The van der Waals surface area contributed by atoms with Crippen LogP contribution in [0.2, 0.25) is 0 Å². The molecule has 1 saturated heterocycles. The van der Waals surface area contributed by atoms with E-state index in [0.717, 1.165) is 38.9 Å². The number of hydrogen-bond acceptors (Lipinski definition) is 5. The fraction of sp³-hybridized carbons (Fsp3) is 0.478. The van der Waals surface area contributed by atoms with E-state index in [1.54, 1.807) is 31.4 Å². The van der Waals surface area contributed by atoms with Crippen molar-refractivity contribution >= 4 is 15.7 Å². The van der Waals surface area contributed by atoms with E-state index in [1.807, 2.05) is 0 Å². The molecule has 1 N–H and O–H groups in total. The molecule has 162 valence electrons. The fourth-order valence-corrected chi connectivity index (χ4v) is 5.55. The number of ether oxygens (including phenoxy) is 1. The maximum atomic E-state index is 12.9. The van der Waals surface area contributed by atoms with Gasteiger partial charge in [0, 0.05) is 31.9 Å². The Balaban J connectivity index is 1.56. The van der Waals surface area contributed by atoms with Gasteiger partial charge in [0.1, 0.15) is 5.75 Å². The van der Waals surface area contributed by atoms with Crippen molar-refractivity contribution in [1.82, 2.24) is 9.62 Å². The van der Waals surface area contributed by atoms with E-state index < -0.39 is 10.0 Å². The van der Waals surface area contributed by atoms with Gasteiger partial charge in [0.05, 0.1) is 12.0 Å². The molecular weight excluding hydrogens is 398 g/mol. The molecule has 2 heterocycles. The molecule has 0 aliphatic carbocycles. The number of sulfonamides is 1. The number of piperidine rings is 1. The number of fused-ring (bicyclic) bond motifs is 1.